The van der Waals surface area contributed by atoms with Crippen molar-refractivity contribution >= 4 is 5.97 Å². The fourth-order valence-corrected chi connectivity index (χ4v) is 2.24. The summed E-state index contributed by atoms with van der Waals surface area (Å²) in [6.45, 7) is 2.73. The van der Waals surface area contributed by atoms with Crippen LogP contribution in [0.4, 0.5) is 0 Å². The number of hydrogen-bond donors (Lipinski definition) is 1. The summed E-state index contributed by atoms with van der Waals surface area (Å²) in [6, 6.07) is 10.3. The molecule has 0 atom stereocenters. The van der Waals surface area contributed by atoms with E-state index < -0.39 is 5.97 Å². The SMILES string of the molecule is O=C(O)C=C1CCCN(Cc2ccccc2)C1. The summed E-state index contributed by atoms with van der Waals surface area (Å²) in [6.07, 6.45) is 3.32. The lowest BCUT2D eigenvalue weighted by molar-refractivity contribution is -0.131. The molecule has 0 amide bonds. The number of hydrogen-bond acceptors (Lipinski definition) is 2. The molecule has 1 aromatic carbocycles. The van der Waals surface area contributed by atoms with Crippen molar-refractivity contribution in [2.24, 2.45) is 0 Å². The van der Waals surface area contributed by atoms with Crippen LogP contribution in [0.5, 0.6) is 0 Å². The Kier molecular flexibility index (Phi) is 3.94. The lowest BCUT2D eigenvalue weighted by atomic mass is 10.0. The Morgan fingerprint density at radius 2 is 2.12 bits per heavy atom. The second-order valence-corrected chi connectivity index (χ2v) is 4.44. The van der Waals surface area contributed by atoms with Gasteiger partial charge in [0.15, 0.2) is 0 Å². The molecule has 1 aromatic rings. The van der Waals surface area contributed by atoms with Gasteiger partial charge in [-0.25, -0.2) is 4.79 Å². The van der Waals surface area contributed by atoms with Crippen molar-refractivity contribution in [2.75, 3.05) is 13.1 Å². The minimum absolute atomic E-state index is 0.779. The van der Waals surface area contributed by atoms with Crippen LogP contribution in [0.1, 0.15) is 18.4 Å². The maximum Gasteiger partial charge on any atom is 0.328 e. The van der Waals surface area contributed by atoms with Crippen LogP contribution in [-0.2, 0) is 11.3 Å². The van der Waals surface area contributed by atoms with E-state index in [1.165, 1.54) is 11.6 Å². The molecule has 0 aliphatic carbocycles. The summed E-state index contributed by atoms with van der Waals surface area (Å²) in [5.74, 6) is -0.832. The molecule has 1 N–H and O–H groups in total. The van der Waals surface area contributed by atoms with Gasteiger partial charge in [0, 0.05) is 19.2 Å². The number of carboxylic acids is 1. The van der Waals surface area contributed by atoms with Gasteiger partial charge in [0.2, 0.25) is 0 Å². The quantitative estimate of drug-likeness (QED) is 0.811. The molecule has 0 saturated carbocycles. The second-order valence-electron chi connectivity index (χ2n) is 4.44. The van der Waals surface area contributed by atoms with E-state index in [9.17, 15) is 4.79 Å². The monoisotopic (exact) mass is 231 g/mol. The van der Waals surface area contributed by atoms with E-state index in [-0.39, 0.29) is 0 Å². The Balaban J connectivity index is 1.96. The molecule has 3 nitrogen and oxygen atoms in total. The molecule has 1 fully saturated rings. The molecular weight excluding hydrogens is 214 g/mol. The molecule has 1 saturated heterocycles. The zero-order valence-corrected chi connectivity index (χ0v) is 9.80. The van der Waals surface area contributed by atoms with Crippen molar-refractivity contribution in [1.82, 2.24) is 4.90 Å². The van der Waals surface area contributed by atoms with E-state index in [1.54, 1.807) is 0 Å². The third-order valence-corrected chi connectivity index (χ3v) is 2.98. The maximum atomic E-state index is 10.6. The minimum Gasteiger partial charge on any atom is -0.478 e. The highest BCUT2D eigenvalue weighted by atomic mass is 16.4. The highest BCUT2D eigenvalue weighted by molar-refractivity contribution is 5.80. The molecule has 1 aliphatic rings. The zero-order chi connectivity index (χ0) is 12.1. The number of carboxylic acid groups (broad SMARTS) is 1. The largest absolute Gasteiger partial charge is 0.478 e. The van der Waals surface area contributed by atoms with E-state index in [2.05, 4.69) is 17.0 Å². The molecule has 3 heteroatoms. The normalized spacial score (nSPS) is 19.4. The van der Waals surface area contributed by atoms with Crippen LogP contribution in [0, 0.1) is 0 Å². The molecule has 1 heterocycles. The first-order valence-corrected chi connectivity index (χ1v) is 5.93. The lowest BCUT2D eigenvalue weighted by Crippen LogP contribution is -2.31. The van der Waals surface area contributed by atoms with Crippen molar-refractivity contribution in [3.8, 4) is 0 Å². The summed E-state index contributed by atoms with van der Waals surface area (Å²) >= 11 is 0. The van der Waals surface area contributed by atoms with Crippen LogP contribution in [0.15, 0.2) is 42.0 Å². The first-order valence-electron chi connectivity index (χ1n) is 5.93. The standard InChI is InChI=1S/C14H17NO2/c16-14(17)9-13-7-4-8-15(11-13)10-12-5-2-1-3-6-12/h1-3,5-6,9H,4,7-8,10-11H2,(H,16,17). The summed E-state index contributed by atoms with van der Waals surface area (Å²) in [5.41, 5.74) is 2.31. The average Bonchev–Trinajstić information content (AvgIpc) is 2.30. The van der Waals surface area contributed by atoms with Crippen LogP contribution in [0.3, 0.4) is 0 Å². The average molecular weight is 231 g/mol. The Morgan fingerprint density at radius 3 is 2.82 bits per heavy atom. The van der Waals surface area contributed by atoms with Crippen LogP contribution >= 0.6 is 0 Å². The van der Waals surface area contributed by atoms with Gasteiger partial charge in [0.1, 0.15) is 0 Å². The van der Waals surface area contributed by atoms with Crippen LogP contribution in [0.2, 0.25) is 0 Å². The lowest BCUT2D eigenvalue weighted by Gasteiger charge is -2.28. The molecular formula is C14H17NO2. The Bertz CT molecular complexity index is 411. The van der Waals surface area contributed by atoms with Gasteiger partial charge in [-0.3, -0.25) is 4.90 Å². The summed E-state index contributed by atoms with van der Waals surface area (Å²) in [7, 11) is 0. The molecule has 0 aromatic heterocycles. The van der Waals surface area contributed by atoms with Crippen LogP contribution in [0.25, 0.3) is 0 Å². The summed E-state index contributed by atoms with van der Waals surface area (Å²) in [4.78, 5) is 12.9. The molecule has 0 radical (unpaired) electrons. The fraction of sp³-hybridized carbons (Fsp3) is 0.357. The predicted octanol–water partition coefficient (Wildman–Crippen LogP) is 2.29. The van der Waals surface area contributed by atoms with Crippen LogP contribution < -0.4 is 0 Å². The van der Waals surface area contributed by atoms with E-state index >= 15 is 0 Å². The van der Waals surface area contributed by atoms with Crippen molar-refractivity contribution in [2.45, 2.75) is 19.4 Å². The first-order chi connectivity index (χ1) is 8.24. The smallest absolute Gasteiger partial charge is 0.328 e. The topological polar surface area (TPSA) is 40.5 Å². The van der Waals surface area contributed by atoms with Crippen molar-refractivity contribution in [3.05, 3.63) is 47.5 Å². The number of likely N-dealkylation sites (tertiary alicyclic amines) is 1. The van der Waals surface area contributed by atoms with Crippen molar-refractivity contribution in [1.29, 1.82) is 0 Å². The molecule has 0 unspecified atom stereocenters. The zero-order valence-electron chi connectivity index (χ0n) is 9.80. The van der Waals surface area contributed by atoms with E-state index in [4.69, 9.17) is 5.11 Å². The first kappa shape index (κ1) is 11.9. The number of aliphatic carboxylic acids is 1. The van der Waals surface area contributed by atoms with Gasteiger partial charge in [-0.05, 0) is 30.5 Å². The number of benzene rings is 1. The Labute approximate surface area is 101 Å². The van der Waals surface area contributed by atoms with Gasteiger partial charge in [-0.15, -0.1) is 0 Å². The number of nitrogens with zero attached hydrogens (tertiary/aromatic N) is 1. The van der Waals surface area contributed by atoms with Gasteiger partial charge in [-0.2, -0.15) is 0 Å². The number of piperidine rings is 1. The molecule has 0 spiro atoms. The van der Waals surface area contributed by atoms with E-state index in [1.807, 2.05) is 18.2 Å². The van der Waals surface area contributed by atoms with Crippen molar-refractivity contribution < 1.29 is 9.90 Å². The highest BCUT2D eigenvalue weighted by Gasteiger charge is 2.14. The van der Waals surface area contributed by atoms with Gasteiger partial charge in [0.05, 0.1) is 0 Å². The third kappa shape index (κ3) is 3.71. The fourth-order valence-electron chi connectivity index (χ4n) is 2.24. The van der Waals surface area contributed by atoms with E-state index in [0.29, 0.717) is 0 Å². The predicted molar refractivity (Wildman–Crippen MR) is 66.7 cm³/mol. The summed E-state index contributed by atoms with van der Waals surface area (Å²) < 4.78 is 0. The molecule has 2 rings (SSSR count). The third-order valence-electron chi connectivity index (χ3n) is 2.98. The van der Waals surface area contributed by atoms with Gasteiger partial charge in [-0.1, -0.05) is 30.3 Å². The maximum absolute atomic E-state index is 10.6. The van der Waals surface area contributed by atoms with Crippen molar-refractivity contribution in [3.63, 3.8) is 0 Å². The second kappa shape index (κ2) is 5.64. The van der Waals surface area contributed by atoms with E-state index in [0.717, 1.165) is 38.0 Å². The molecule has 90 valence electrons. The Morgan fingerprint density at radius 1 is 1.35 bits per heavy atom. The summed E-state index contributed by atoms with van der Waals surface area (Å²) in [5, 5.41) is 8.75. The Hall–Kier alpha value is -1.61. The molecule has 17 heavy (non-hydrogen) atoms. The minimum atomic E-state index is -0.832. The van der Waals surface area contributed by atoms with Gasteiger partial charge < -0.3 is 5.11 Å². The van der Waals surface area contributed by atoms with Gasteiger partial charge in [0.25, 0.3) is 0 Å². The molecule has 0 bridgehead atoms. The number of rotatable bonds is 3. The number of carbonyl (C=O) groups is 1. The molecule has 1 aliphatic heterocycles. The highest BCUT2D eigenvalue weighted by Crippen LogP contribution is 2.17. The van der Waals surface area contributed by atoms with Crippen LogP contribution in [-0.4, -0.2) is 29.1 Å². The van der Waals surface area contributed by atoms with Gasteiger partial charge >= 0.3 is 5.97 Å².